The van der Waals surface area contributed by atoms with Gasteiger partial charge in [0.2, 0.25) is 0 Å². The van der Waals surface area contributed by atoms with Crippen LogP contribution in [0.15, 0.2) is 4.47 Å². The number of aliphatic carboxylic acids is 1. The van der Waals surface area contributed by atoms with Crippen LogP contribution in [0.25, 0.3) is 0 Å². The van der Waals surface area contributed by atoms with Gasteiger partial charge in [-0.3, -0.25) is 9.48 Å². The van der Waals surface area contributed by atoms with Gasteiger partial charge in [0.1, 0.15) is 0 Å². The van der Waals surface area contributed by atoms with Crippen molar-refractivity contribution in [3.05, 3.63) is 15.9 Å². The Kier molecular flexibility index (Phi) is 2.58. The third-order valence-corrected chi connectivity index (χ3v) is 3.33. The number of halogens is 1. The Morgan fingerprint density at radius 2 is 2.36 bits per heavy atom. The Morgan fingerprint density at radius 1 is 1.57 bits per heavy atom. The summed E-state index contributed by atoms with van der Waals surface area (Å²) in [5, 5.41) is 13.0. The molecule has 0 saturated carbocycles. The van der Waals surface area contributed by atoms with E-state index in [4.69, 9.17) is 5.11 Å². The highest BCUT2D eigenvalue weighted by atomic mass is 79.9. The molecule has 2 heterocycles. The van der Waals surface area contributed by atoms with Crippen molar-refractivity contribution >= 4 is 21.9 Å². The molecule has 0 saturated heterocycles. The first-order chi connectivity index (χ1) is 6.68. The summed E-state index contributed by atoms with van der Waals surface area (Å²) in [5.74, 6) is -0.832. The van der Waals surface area contributed by atoms with Crippen LogP contribution in [0.1, 0.15) is 24.2 Å². The lowest BCUT2D eigenvalue weighted by Gasteiger charge is -2.12. The molecule has 0 unspecified atom stereocenters. The molecule has 1 aromatic rings. The standard InChI is InChI=1S/C9H11BrN2O2/c10-9-6(5-8(13)14)11-12-4-2-1-3-7(9)12/h1-5H2,(H,13,14). The molecule has 76 valence electrons. The minimum absolute atomic E-state index is 0.000579. The van der Waals surface area contributed by atoms with E-state index in [1.54, 1.807) is 0 Å². The van der Waals surface area contributed by atoms with Crippen molar-refractivity contribution in [2.45, 2.75) is 32.2 Å². The molecule has 0 atom stereocenters. The van der Waals surface area contributed by atoms with Gasteiger partial charge in [0.25, 0.3) is 0 Å². The summed E-state index contributed by atoms with van der Waals surface area (Å²) in [7, 11) is 0. The van der Waals surface area contributed by atoms with Gasteiger partial charge >= 0.3 is 5.97 Å². The van der Waals surface area contributed by atoms with Crippen LogP contribution < -0.4 is 0 Å². The normalized spacial score (nSPS) is 15.2. The fourth-order valence-electron chi connectivity index (χ4n) is 1.76. The van der Waals surface area contributed by atoms with E-state index in [2.05, 4.69) is 21.0 Å². The average molecular weight is 259 g/mol. The van der Waals surface area contributed by atoms with Crippen molar-refractivity contribution in [1.29, 1.82) is 0 Å². The molecule has 0 bridgehead atoms. The molecule has 0 amide bonds. The SMILES string of the molecule is O=C(O)Cc1nn2c(c1Br)CCCC2. The van der Waals surface area contributed by atoms with Gasteiger partial charge in [-0.1, -0.05) is 0 Å². The molecule has 1 aromatic heterocycles. The molecule has 2 rings (SSSR count). The van der Waals surface area contributed by atoms with Crippen LogP contribution in [0.2, 0.25) is 0 Å². The number of rotatable bonds is 2. The van der Waals surface area contributed by atoms with E-state index in [1.807, 2.05) is 4.68 Å². The summed E-state index contributed by atoms with van der Waals surface area (Å²) in [6, 6.07) is 0. The number of fused-ring (bicyclic) bond motifs is 1. The van der Waals surface area contributed by atoms with Crippen molar-refractivity contribution in [2.24, 2.45) is 0 Å². The highest BCUT2D eigenvalue weighted by Gasteiger charge is 2.19. The van der Waals surface area contributed by atoms with Crippen molar-refractivity contribution in [3.63, 3.8) is 0 Å². The van der Waals surface area contributed by atoms with E-state index in [0.717, 1.165) is 36.0 Å². The number of hydrogen-bond acceptors (Lipinski definition) is 2. The van der Waals surface area contributed by atoms with Crippen LogP contribution in [-0.4, -0.2) is 20.9 Å². The van der Waals surface area contributed by atoms with Gasteiger partial charge in [-0.05, 0) is 35.2 Å². The molecule has 0 spiro atoms. The maximum absolute atomic E-state index is 10.6. The highest BCUT2D eigenvalue weighted by Crippen LogP contribution is 2.26. The van der Waals surface area contributed by atoms with Gasteiger partial charge in [0, 0.05) is 6.54 Å². The Balaban J connectivity index is 2.33. The molecule has 4 nitrogen and oxygen atoms in total. The summed E-state index contributed by atoms with van der Waals surface area (Å²) in [5.41, 5.74) is 1.79. The van der Waals surface area contributed by atoms with Gasteiger partial charge in [0.05, 0.1) is 22.3 Å². The molecule has 5 heteroatoms. The van der Waals surface area contributed by atoms with Crippen molar-refractivity contribution in [2.75, 3.05) is 0 Å². The summed E-state index contributed by atoms with van der Waals surface area (Å²) < 4.78 is 2.81. The number of carboxylic acids is 1. The number of nitrogens with zero attached hydrogens (tertiary/aromatic N) is 2. The molecule has 0 aliphatic carbocycles. The summed E-state index contributed by atoms with van der Waals surface area (Å²) in [6.45, 7) is 0.910. The fraction of sp³-hybridized carbons (Fsp3) is 0.556. The lowest BCUT2D eigenvalue weighted by atomic mass is 10.1. The minimum Gasteiger partial charge on any atom is -0.481 e. The second-order valence-electron chi connectivity index (χ2n) is 3.46. The number of aryl methyl sites for hydroxylation is 1. The summed E-state index contributed by atoms with van der Waals surface area (Å²) >= 11 is 3.42. The Morgan fingerprint density at radius 3 is 3.00 bits per heavy atom. The molecule has 0 aromatic carbocycles. The molecule has 0 fully saturated rings. The van der Waals surface area contributed by atoms with Crippen LogP contribution in [0.5, 0.6) is 0 Å². The van der Waals surface area contributed by atoms with Crippen LogP contribution in [0.3, 0.4) is 0 Å². The van der Waals surface area contributed by atoms with Crippen molar-refractivity contribution in [3.8, 4) is 0 Å². The number of hydrogen-bond donors (Lipinski definition) is 1. The molecule has 1 aliphatic rings. The maximum Gasteiger partial charge on any atom is 0.309 e. The maximum atomic E-state index is 10.6. The molecule has 1 N–H and O–H groups in total. The van der Waals surface area contributed by atoms with Crippen LogP contribution in [-0.2, 0) is 24.2 Å². The first-order valence-corrected chi connectivity index (χ1v) is 5.43. The molecular weight excluding hydrogens is 248 g/mol. The Hall–Kier alpha value is -0.840. The zero-order valence-electron chi connectivity index (χ0n) is 7.66. The van der Waals surface area contributed by atoms with Gasteiger partial charge in [0.15, 0.2) is 0 Å². The second-order valence-corrected chi connectivity index (χ2v) is 4.25. The van der Waals surface area contributed by atoms with E-state index in [9.17, 15) is 4.79 Å². The van der Waals surface area contributed by atoms with E-state index < -0.39 is 5.97 Å². The fourth-order valence-corrected chi connectivity index (χ4v) is 2.39. The summed E-state index contributed by atoms with van der Waals surface area (Å²) in [4.78, 5) is 10.6. The zero-order valence-corrected chi connectivity index (χ0v) is 9.25. The van der Waals surface area contributed by atoms with Crippen LogP contribution in [0, 0.1) is 0 Å². The number of carbonyl (C=O) groups is 1. The predicted octanol–water partition coefficient (Wildman–Crippen LogP) is 1.61. The van der Waals surface area contributed by atoms with Crippen LogP contribution >= 0.6 is 15.9 Å². The third-order valence-electron chi connectivity index (χ3n) is 2.41. The third kappa shape index (κ3) is 1.68. The Labute approximate surface area is 90.0 Å². The largest absolute Gasteiger partial charge is 0.481 e. The average Bonchev–Trinajstić information content (AvgIpc) is 2.44. The van der Waals surface area contributed by atoms with E-state index >= 15 is 0 Å². The van der Waals surface area contributed by atoms with Gasteiger partial charge in [-0.2, -0.15) is 5.10 Å². The van der Waals surface area contributed by atoms with Crippen LogP contribution in [0.4, 0.5) is 0 Å². The monoisotopic (exact) mass is 258 g/mol. The topological polar surface area (TPSA) is 55.1 Å². The van der Waals surface area contributed by atoms with Gasteiger partial charge in [-0.15, -0.1) is 0 Å². The lowest BCUT2D eigenvalue weighted by molar-refractivity contribution is -0.136. The van der Waals surface area contributed by atoms with E-state index in [-0.39, 0.29) is 6.42 Å². The first kappa shape index (κ1) is 9.71. The highest BCUT2D eigenvalue weighted by molar-refractivity contribution is 9.10. The predicted molar refractivity (Wildman–Crippen MR) is 54.2 cm³/mol. The van der Waals surface area contributed by atoms with E-state index in [1.165, 1.54) is 0 Å². The number of carboxylic acid groups (broad SMARTS) is 1. The second kappa shape index (κ2) is 3.73. The first-order valence-electron chi connectivity index (χ1n) is 4.64. The quantitative estimate of drug-likeness (QED) is 0.877. The molecule has 0 radical (unpaired) electrons. The molecule has 14 heavy (non-hydrogen) atoms. The van der Waals surface area contributed by atoms with Gasteiger partial charge in [-0.25, -0.2) is 0 Å². The van der Waals surface area contributed by atoms with Gasteiger partial charge < -0.3 is 5.11 Å². The van der Waals surface area contributed by atoms with E-state index in [0.29, 0.717) is 5.69 Å². The molecule has 1 aliphatic heterocycles. The van der Waals surface area contributed by atoms with Crippen molar-refractivity contribution < 1.29 is 9.90 Å². The minimum atomic E-state index is -0.832. The Bertz CT molecular complexity index is 373. The number of aromatic nitrogens is 2. The lowest BCUT2D eigenvalue weighted by Crippen LogP contribution is -2.11. The summed E-state index contributed by atoms with van der Waals surface area (Å²) in [6.07, 6.45) is 3.29. The van der Waals surface area contributed by atoms with Crippen molar-refractivity contribution in [1.82, 2.24) is 9.78 Å². The zero-order chi connectivity index (χ0) is 10.1. The smallest absolute Gasteiger partial charge is 0.309 e. The molecular formula is C9H11BrN2O2.